The van der Waals surface area contributed by atoms with E-state index in [1.807, 2.05) is 4.57 Å². The van der Waals surface area contributed by atoms with Gasteiger partial charge in [0.25, 0.3) is 0 Å². The second-order valence-electron chi connectivity index (χ2n) is 6.31. The Balaban J connectivity index is 1.71. The number of aliphatic hydroxyl groups excluding tert-OH is 1. The van der Waals surface area contributed by atoms with E-state index in [9.17, 15) is 5.11 Å². The minimum absolute atomic E-state index is 0.0126. The van der Waals surface area contributed by atoms with Gasteiger partial charge < -0.3 is 20.1 Å². The highest BCUT2D eigenvalue weighted by Crippen LogP contribution is 2.33. The maximum Gasteiger partial charge on any atom is 0.320 e. The zero-order chi connectivity index (χ0) is 15.1. The first-order valence-corrected chi connectivity index (χ1v) is 8.07. The Hall–Kier alpha value is -1.89. The Labute approximate surface area is 128 Å². The van der Waals surface area contributed by atoms with Crippen molar-refractivity contribution in [1.82, 2.24) is 19.5 Å². The van der Waals surface area contributed by atoms with Crippen LogP contribution in [0.3, 0.4) is 0 Å². The van der Waals surface area contributed by atoms with Gasteiger partial charge >= 0.3 is 6.01 Å². The number of imidazole rings is 1. The van der Waals surface area contributed by atoms with E-state index >= 15 is 0 Å². The van der Waals surface area contributed by atoms with Crippen LogP contribution in [0.25, 0.3) is 11.2 Å². The van der Waals surface area contributed by atoms with Gasteiger partial charge in [-0.05, 0) is 44.9 Å². The molecule has 2 heterocycles. The quantitative estimate of drug-likeness (QED) is 0.897. The van der Waals surface area contributed by atoms with Crippen LogP contribution in [-0.2, 0) is 0 Å². The molecule has 2 aliphatic rings. The molecule has 118 valence electrons. The van der Waals surface area contributed by atoms with Crippen molar-refractivity contribution in [2.75, 3.05) is 5.73 Å². The summed E-state index contributed by atoms with van der Waals surface area (Å²) in [6.45, 7) is 0. The van der Waals surface area contributed by atoms with E-state index < -0.39 is 0 Å². The number of hydrogen-bond donors (Lipinski definition) is 2. The number of rotatable bonds is 3. The molecule has 0 amide bonds. The Morgan fingerprint density at radius 3 is 2.68 bits per heavy atom. The molecule has 3 N–H and O–H groups in total. The molecule has 0 unspecified atom stereocenters. The summed E-state index contributed by atoms with van der Waals surface area (Å²) in [6.07, 6.45) is 8.75. The molecule has 2 fully saturated rings. The lowest BCUT2D eigenvalue weighted by molar-refractivity contribution is 0.137. The van der Waals surface area contributed by atoms with Crippen LogP contribution >= 0.6 is 0 Å². The Kier molecular flexibility index (Phi) is 3.37. The van der Waals surface area contributed by atoms with Crippen LogP contribution in [0.2, 0.25) is 0 Å². The predicted molar refractivity (Wildman–Crippen MR) is 81.5 cm³/mol. The van der Waals surface area contributed by atoms with Crippen molar-refractivity contribution >= 4 is 17.0 Å². The lowest BCUT2D eigenvalue weighted by Crippen LogP contribution is -2.18. The van der Waals surface area contributed by atoms with Gasteiger partial charge in [0.2, 0.25) is 0 Å². The Morgan fingerprint density at radius 1 is 1.14 bits per heavy atom. The number of aliphatic hydroxyl groups is 1. The Morgan fingerprint density at radius 2 is 1.95 bits per heavy atom. The van der Waals surface area contributed by atoms with E-state index in [2.05, 4.69) is 15.0 Å². The van der Waals surface area contributed by atoms with E-state index in [4.69, 9.17) is 10.5 Å². The molecule has 2 atom stereocenters. The molecular formula is C15H21N5O2. The fourth-order valence-electron chi connectivity index (χ4n) is 3.61. The Bertz CT molecular complexity index is 680. The van der Waals surface area contributed by atoms with Crippen LogP contribution in [-0.4, -0.2) is 36.8 Å². The minimum Gasteiger partial charge on any atom is -0.460 e. The lowest BCUT2D eigenvalue weighted by Gasteiger charge is -2.17. The van der Waals surface area contributed by atoms with Crippen molar-refractivity contribution in [2.24, 2.45) is 0 Å². The number of aromatic nitrogens is 4. The zero-order valence-electron chi connectivity index (χ0n) is 12.5. The molecule has 2 saturated carbocycles. The van der Waals surface area contributed by atoms with Gasteiger partial charge in [-0.15, -0.1) is 0 Å². The van der Waals surface area contributed by atoms with Gasteiger partial charge in [0.1, 0.15) is 6.10 Å². The molecule has 0 saturated heterocycles. The van der Waals surface area contributed by atoms with Gasteiger partial charge in [-0.1, -0.05) is 0 Å². The summed E-state index contributed by atoms with van der Waals surface area (Å²) < 4.78 is 7.80. The molecule has 0 spiro atoms. The number of nitrogens with two attached hydrogens (primary N) is 1. The highest BCUT2D eigenvalue weighted by Gasteiger charge is 2.29. The molecule has 7 heteroatoms. The van der Waals surface area contributed by atoms with Gasteiger partial charge in [-0.3, -0.25) is 0 Å². The zero-order valence-corrected chi connectivity index (χ0v) is 12.5. The molecule has 0 radical (unpaired) electrons. The molecule has 2 aromatic rings. The van der Waals surface area contributed by atoms with Gasteiger partial charge in [-0.25, -0.2) is 4.98 Å². The smallest absolute Gasteiger partial charge is 0.320 e. The normalized spacial score (nSPS) is 26.0. The summed E-state index contributed by atoms with van der Waals surface area (Å²) in [6, 6.07) is 0.338. The first-order valence-electron chi connectivity index (χ1n) is 8.07. The summed E-state index contributed by atoms with van der Waals surface area (Å²) in [7, 11) is 0. The molecule has 2 aliphatic carbocycles. The van der Waals surface area contributed by atoms with Crippen LogP contribution in [0.1, 0.15) is 51.0 Å². The van der Waals surface area contributed by atoms with Gasteiger partial charge in [0, 0.05) is 0 Å². The summed E-state index contributed by atoms with van der Waals surface area (Å²) in [4.78, 5) is 13.1. The molecule has 0 aliphatic heterocycles. The van der Waals surface area contributed by atoms with Crippen LogP contribution in [0.5, 0.6) is 6.01 Å². The third kappa shape index (κ3) is 2.29. The van der Waals surface area contributed by atoms with Crippen LogP contribution < -0.4 is 10.5 Å². The molecule has 0 bridgehead atoms. The van der Waals surface area contributed by atoms with Crippen LogP contribution in [0.15, 0.2) is 6.33 Å². The first kappa shape index (κ1) is 13.8. The fourth-order valence-corrected chi connectivity index (χ4v) is 3.61. The molecular weight excluding hydrogens is 282 g/mol. The van der Waals surface area contributed by atoms with Crippen molar-refractivity contribution < 1.29 is 9.84 Å². The number of hydrogen-bond acceptors (Lipinski definition) is 6. The van der Waals surface area contributed by atoms with Crippen molar-refractivity contribution in [3.63, 3.8) is 0 Å². The molecule has 2 aromatic heterocycles. The van der Waals surface area contributed by atoms with Crippen molar-refractivity contribution in [1.29, 1.82) is 0 Å². The third-order valence-corrected chi connectivity index (χ3v) is 4.80. The summed E-state index contributed by atoms with van der Waals surface area (Å²) >= 11 is 0. The topological polar surface area (TPSA) is 99.1 Å². The number of nitrogen functional groups attached to an aromatic ring is 1. The monoisotopic (exact) mass is 303 g/mol. The molecule has 4 rings (SSSR count). The lowest BCUT2D eigenvalue weighted by atomic mass is 10.2. The third-order valence-electron chi connectivity index (χ3n) is 4.80. The second kappa shape index (κ2) is 5.39. The fraction of sp³-hybridized carbons (Fsp3) is 0.667. The van der Waals surface area contributed by atoms with E-state index in [0.717, 1.165) is 32.1 Å². The number of nitrogens with zero attached hydrogens (tertiary/aromatic N) is 4. The SMILES string of the molecule is Nc1nc(OC2CCCC2)nc2c1ncn2[C@H]1CCC[C@@H]1O. The van der Waals surface area contributed by atoms with Crippen LogP contribution in [0, 0.1) is 0 Å². The molecule has 22 heavy (non-hydrogen) atoms. The first-order chi connectivity index (χ1) is 10.7. The van der Waals surface area contributed by atoms with Gasteiger partial charge in [0.05, 0.1) is 18.5 Å². The maximum atomic E-state index is 10.1. The van der Waals surface area contributed by atoms with Gasteiger partial charge in [-0.2, -0.15) is 9.97 Å². The van der Waals surface area contributed by atoms with E-state index in [-0.39, 0.29) is 18.2 Å². The van der Waals surface area contributed by atoms with Gasteiger partial charge in [0.15, 0.2) is 17.0 Å². The van der Waals surface area contributed by atoms with Crippen LogP contribution in [0.4, 0.5) is 5.82 Å². The maximum absolute atomic E-state index is 10.1. The average molecular weight is 303 g/mol. The number of ether oxygens (including phenoxy) is 1. The second-order valence-corrected chi connectivity index (χ2v) is 6.31. The molecule has 0 aromatic carbocycles. The van der Waals surface area contributed by atoms with E-state index in [1.54, 1.807) is 6.33 Å². The van der Waals surface area contributed by atoms with Crippen molar-refractivity contribution in [3.8, 4) is 6.01 Å². The van der Waals surface area contributed by atoms with E-state index in [0.29, 0.717) is 23.0 Å². The highest BCUT2D eigenvalue weighted by molar-refractivity contribution is 5.82. The predicted octanol–water partition coefficient (Wildman–Crippen LogP) is 1.82. The largest absolute Gasteiger partial charge is 0.460 e. The highest BCUT2D eigenvalue weighted by atomic mass is 16.5. The average Bonchev–Trinajstić information content (AvgIpc) is 3.19. The summed E-state index contributed by atoms with van der Waals surface area (Å²) in [5, 5.41) is 10.1. The molecule has 7 nitrogen and oxygen atoms in total. The number of anilines is 1. The minimum atomic E-state index is -0.354. The van der Waals surface area contributed by atoms with E-state index in [1.165, 1.54) is 12.8 Å². The summed E-state index contributed by atoms with van der Waals surface area (Å²) in [5.74, 6) is 0.337. The number of fused-ring (bicyclic) bond motifs is 1. The van der Waals surface area contributed by atoms with Crippen molar-refractivity contribution in [2.45, 2.75) is 63.2 Å². The standard InChI is InChI=1S/C15H21N5O2/c16-13-12-14(19-15(18-13)22-9-4-1-2-5-9)20(8-17-12)10-6-3-7-11(10)21/h8-11,21H,1-7H2,(H2,16,18,19)/t10-,11-/m0/s1. The summed E-state index contributed by atoms with van der Waals surface area (Å²) in [5.41, 5.74) is 7.25. The van der Waals surface area contributed by atoms with Crippen molar-refractivity contribution in [3.05, 3.63) is 6.33 Å².